The van der Waals surface area contributed by atoms with Gasteiger partial charge in [0.2, 0.25) is 5.91 Å². The summed E-state index contributed by atoms with van der Waals surface area (Å²) < 4.78 is 19.9. The normalized spacial score (nSPS) is 16.2. The van der Waals surface area contributed by atoms with Gasteiger partial charge in [-0.05, 0) is 24.6 Å². The number of nitrogens with zero attached hydrogens (tertiary/aromatic N) is 2. The second-order valence-corrected chi connectivity index (χ2v) is 6.53. The summed E-state index contributed by atoms with van der Waals surface area (Å²) in [4.78, 5) is 18.1. The van der Waals surface area contributed by atoms with Gasteiger partial charge >= 0.3 is 0 Å². The first kappa shape index (κ1) is 15.2. The Morgan fingerprint density at radius 1 is 1.45 bits per heavy atom. The Balaban J connectivity index is 1.58. The van der Waals surface area contributed by atoms with Crippen LogP contribution in [0.15, 0.2) is 18.2 Å². The van der Waals surface area contributed by atoms with Crippen molar-refractivity contribution in [3.63, 3.8) is 0 Å². The van der Waals surface area contributed by atoms with Crippen LogP contribution in [-0.2, 0) is 4.79 Å². The van der Waals surface area contributed by atoms with Gasteiger partial charge in [0.25, 0.3) is 5.19 Å². The van der Waals surface area contributed by atoms with Gasteiger partial charge in [-0.1, -0.05) is 18.3 Å². The van der Waals surface area contributed by atoms with Gasteiger partial charge in [-0.15, -0.1) is 0 Å². The number of halogens is 1. The fourth-order valence-electron chi connectivity index (χ4n) is 2.67. The molecule has 1 fully saturated rings. The van der Waals surface area contributed by atoms with Crippen molar-refractivity contribution in [2.75, 3.05) is 13.1 Å². The van der Waals surface area contributed by atoms with Crippen LogP contribution in [0.2, 0.25) is 0 Å². The third-order valence-corrected chi connectivity index (χ3v) is 4.77. The summed E-state index contributed by atoms with van der Waals surface area (Å²) in [6, 6.07) is 4.55. The molecule has 4 nitrogen and oxygen atoms in total. The number of thiazole rings is 1. The number of ether oxygens (including phenoxy) is 1. The van der Waals surface area contributed by atoms with Crippen molar-refractivity contribution in [3.8, 4) is 5.19 Å². The second kappa shape index (κ2) is 6.60. The third-order valence-electron chi connectivity index (χ3n) is 3.86. The zero-order chi connectivity index (χ0) is 15.5. The average Bonchev–Trinajstić information content (AvgIpc) is 2.89. The zero-order valence-electron chi connectivity index (χ0n) is 12.5. The lowest BCUT2D eigenvalue weighted by Crippen LogP contribution is -2.41. The highest BCUT2D eigenvalue weighted by Crippen LogP contribution is 2.30. The van der Waals surface area contributed by atoms with Crippen molar-refractivity contribution in [3.05, 3.63) is 24.0 Å². The standard InChI is InChI=1S/C16H19FN2O2S/c1-2-3-15(20)19-8-6-12(7-9-19)21-16-18-13-5-4-11(17)10-14(13)22-16/h4-5,10,12H,2-3,6-9H2,1H3. The molecule has 1 saturated heterocycles. The molecule has 0 atom stereocenters. The molecule has 0 saturated carbocycles. The van der Waals surface area contributed by atoms with Crippen molar-refractivity contribution in [2.45, 2.75) is 38.7 Å². The summed E-state index contributed by atoms with van der Waals surface area (Å²) >= 11 is 1.37. The lowest BCUT2D eigenvalue weighted by molar-refractivity contribution is -0.133. The van der Waals surface area contributed by atoms with E-state index in [1.807, 2.05) is 11.8 Å². The summed E-state index contributed by atoms with van der Waals surface area (Å²) in [6.07, 6.45) is 3.22. The number of likely N-dealkylation sites (tertiary alicyclic amines) is 1. The Morgan fingerprint density at radius 3 is 2.95 bits per heavy atom. The minimum atomic E-state index is -0.259. The van der Waals surface area contributed by atoms with Crippen LogP contribution >= 0.6 is 11.3 Å². The van der Waals surface area contributed by atoms with Gasteiger partial charge in [0.1, 0.15) is 11.9 Å². The Kier molecular flexibility index (Phi) is 4.57. The number of rotatable bonds is 4. The molecular weight excluding hydrogens is 303 g/mol. The molecule has 6 heteroatoms. The van der Waals surface area contributed by atoms with Crippen LogP contribution in [0, 0.1) is 5.82 Å². The van der Waals surface area contributed by atoms with Crippen molar-refractivity contribution in [2.24, 2.45) is 0 Å². The number of carbonyl (C=O) groups excluding carboxylic acids is 1. The summed E-state index contributed by atoms with van der Waals surface area (Å²) in [5, 5.41) is 0.582. The molecule has 0 unspecified atom stereocenters. The molecule has 1 aromatic heterocycles. The summed E-state index contributed by atoms with van der Waals surface area (Å²) in [5.74, 6) is -0.0261. The maximum atomic E-state index is 13.2. The van der Waals surface area contributed by atoms with Gasteiger partial charge in [0, 0.05) is 32.4 Å². The number of hydrogen-bond donors (Lipinski definition) is 0. The molecule has 0 bridgehead atoms. The number of hydrogen-bond acceptors (Lipinski definition) is 4. The van der Waals surface area contributed by atoms with E-state index in [1.165, 1.54) is 23.5 Å². The lowest BCUT2D eigenvalue weighted by atomic mass is 10.1. The molecule has 1 aliphatic heterocycles. The average molecular weight is 322 g/mol. The first-order valence-corrected chi connectivity index (χ1v) is 8.48. The predicted molar refractivity (Wildman–Crippen MR) is 84.7 cm³/mol. The maximum absolute atomic E-state index is 13.2. The van der Waals surface area contributed by atoms with E-state index >= 15 is 0 Å². The molecule has 3 rings (SSSR count). The van der Waals surface area contributed by atoms with E-state index in [9.17, 15) is 9.18 Å². The molecule has 22 heavy (non-hydrogen) atoms. The van der Waals surface area contributed by atoms with Gasteiger partial charge in [0.05, 0.1) is 10.2 Å². The van der Waals surface area contributed by atoms with Crippen LogP contribution < -0.4 is 4.74 Å². The number of benzene rings is 1. The second-order valence-electron chi connectivity index (χ2n) is 5.54. The first-order chi connectivity index (χ1) is 10.7. The number of piperidine rings is 1. The van der Waals surface area contributed by atoms with Crippen molar-refractivity contribution >= 4 is 27.5 Å². The number of carbonyl (C=O) groups is 1. The van der Waals surface area contributed by atoms with Crippen LogP contribution in [-0.4, -0.2) is 35.0 Å². The molecule has 1 amide bonds. The topological polar surface area (TPSA) is 42.4 Å². The van der Waals surface area contributed by atoms with E-state index in [0.717, 1.165) is 42.6 Å². The van der Waals surface area contributed by atoms with Crippen LogP contribution in [0.25, 0.3) is 10.2 Å². The van der Waals surface area contributed by atoms with E-state index in [2.05, 4.69) is 4.98 Å². The molecule has 118 valence electrons. The Bertz CT molecular complexity index is 665. The van der Waals surface area contributed by atoms with Crippen LogP contribution in [0.5, 0.6) is 5.19 Å². The largest absolute Gasteiger partial charge is 0.467 e. The fourth-order valence-corrected chi connectivity index (χ4v) is 3.57. The molecular formula is C16H19FN2O2S. The molecule has 0 spiro atoms. The molecule has 0 aliphatic carbocycles. The Hall–Kier alpha value is -1.69. The molecule has 0 N–H and O–H groups in total. The smallest absolute Gasteiger partial charge is 0.274 e. The van der Waals surface area contributed by atoms with Crippen LogP contribution in [0.3, 0.4) is 0 Å². The van der Waals surface area contributed by atoms with Crippen LogP contribution in [0.1, 0.15) is 32.6 Å². The molecule has 0 radical (unpaired) electrons. The van der Waals surface area contributed by atoms with Gasteiger partial charge in [-0.3, -0.25) is 4.79 Å². The fraction of sp³-hybridized carbons (Fsp3) is 0.500. The third kappa shape index (κ3) is 3.38. The molecule has 2 aromatic rings. The highest BCUT2D eigenvalue weighted by Gasteiger charge is 2.24. The van der Waals surface area contributed by atoms with Crippen molar-refractivity contribution in [1.82, 2.24) is 9.88 Å². The summed E-state index contributed by atoms with van der Waals surface area (Å²) in [7, 11) is 0. The number of fused-ring (bicyclic) bond motifs is 1. The molecule has 2 heterocycles. The van der Waals surface area contributed by atoms with Crippen LogP contribution in [0.4, 0.5) is 4.39 Å². The molecule has 1 aromatic carbocycles. The Morgan fingerprint density at radius 2 is 2.23 bits per heavy atom. The first-order valence-electron chi connectivity index (χ1n) is 7.66. The summed E-state index contributed by atoms with van der Waals surface area (Å²) in [5.41, 5.74) is 0.761. The highest BCUT2D eigenvalue weighted by atomic mass is 32.1. The minimum absolute atomic E-state index is 0.0797. The predicted octanol–water partition coefficient (Wildman–Crippen LogP) is 3.61. The monoisotopic (exact) mass is 322 g/mol. The zero-order valence-corrected chi connectivity index (χ0v) is 13.4. The SMILES string of the molecule is CCCC(=O)N1CCC(Oc2nc3ccc(F)cc3s2)CC1. The van der Waals surface area contributed by atoms with E-state index in [0.29, 0.717) is 11.6 Å². The quantitative estimate of drug-likeness (QED) is 0.863. The minimum Gasteiger partial charge on any atom is -0.467 e. The number of amides is 1. The van der Waals surface area contributed by atoms with E-state index in [4.69, 9.17) is 4.74 Å². The van der Waals surface area contributed by atoms with E-state index in [-0.39, 0.29) is 17.8 Å². The van der Waals surface area contributed by atoms with Gasteiger partial charge < -0.3 is 9.64 Å². The van der Waals surface area contributed by atoms with Crippen molar-refractivity contribution < 1.29 is 13.9 Å². The lowest BCUT2D eigenvalue weighted by Gasteiger charge is -2.31. The molecule has 1 aliphatic rings. The van der Waals surface area contributed by atoms with Gasteiger partial charge in [0.15, 0.2) is 0 Å². The maximum Gasteiger partial charge on any atom is 0.274 e. The van der Waals surface area contributed by atoms with E-state index in [1.54, 1.807) is 6.07 Å². The van der Waals surface area contributed by atoms with Crippen molar-refractivity contribution in [1.29, 1.82) is 0 Å². The summed E-state index contributed by atoms with van der Waals surface area (Å²) in [6.45, 7) is 3.50. The number of aromatic nitrogens is 1. The van der Waals surface area contributed by atoms with E-state index < -0.39 is 0 Å². The van der Waals surface area contributed by atoms with Gasteiger partial charge in [-0.25, -0.2) is 9.37 Å². The Labute approximate surface area is 132 Å². The highest BCUT2D eigenvalue weighted by molar-refractivity contribution is 7.20. The van der Waals surface area contributed by atoms with Gasteiger partial charge in [-0.2, -0.15) is 0 Å².